The summed E-state index contributed by atoms with van der Waals surface area (Å²) in [5.41, 5.74) is 0.761. The predicted molar refractivity (Wildman–Crippen MR) is 73.2 cm³/mol. The van der Waals surface area contributed by atoms with Gasteiger partial charge in [0.1, 0.15) is 11.9 Å². The van der Waals surface area contributed by atoms with Crippen LogP contribution in [0.1, 0.15) is 15.9 Å². The van der Waals surface area contributed by atoms with Gasteiger partial charge in [-0.3, -0.25) is 9.78 Å². The number of pyridine rings is 1. The van der Waals surface area contributed by atoms with Gasteiger partial charge >= 0.3 is 5.97 Å². The van der Waals surface area contributed by atoms with Gasteiger partial charge in [-0.15, -0.1) is 0 Å². The lowest BCUT2D eigenvalue weighted by Gasteiger charge is -2.14. The number of aliphatic carboxylic acids is 1. The number of carbonyl (C=O) groups is 2. The number of benzene rings is 1. The summed E-state index contributed by atoms with van der Waals surface area (Å²) in [6.45, 7) is 0. The van der Waals surface area contributed by atoms with Gasteiger partial charge in [0.25, 0.3) is 5.91 Å². The summed E-state index contributed by atoms with van der Waals surface area (Å²) in [7, 11) is 0. The number of hydrogen-bond donors (Lipinski definition) is 2. The fourth-order valence-electron chi connectivity index (χ4n) is 1.84. The van der Waals surface area contributed by atoms with E-state index in [0.29, 0.717) is 5.56 Å². The number of rotatable bonds is 5. The monoisotopic (exact) mass is 288 g/mol. The molecule has 0 aliphatic rings. The number of nitrogens with zero attached hydrogens (tertiary/aromatic N) is 1. The average Bonchev–Trinajstić information content (AvgIpc) is 2.47. The molecule has 0 aliphatic heterocycles. The van der Waals surface area contributed by atoms with E-state index in [1.165, 1.54) is 36.7 Å². The number of nitrogens with one attached hydrogen (secondary N) is 1. The zero-order chi connectivity index (χ0) is 15.2. The Balaban J connectivity index is 2.09. The first kappa shape index (κ1) is 14.6. The van der Waals surface area contributed by atoms with Crippen molar-refractivity contribution in [1.29, 1.82) is 0 Å². The molecule has 2 rings (SSSR count). The zero-order valence-corrected chi connectivity index (χ0v) is 11.0. The molecule has 0 bridgehead atoms. The summed E-state index contributed by atoms with van der Waals surface area (Å²) < 4.78 is 13.1. The van der Waals surface area contributed by atoms with Crippen LogP contribution in [-0.4, -0.2) is 28.0 Å². The van der Waals surface area contributed by atoms with Crippen molar-refractivity contribution < 1.29 is 19.1 Å². The molecular formula is C15H13FN2O3. The van der Waals surface area contributed by atoms with Crippen LogP contribution in [0.25, 0.3) is 0 Å². The van der Waals surface area contributed by atoms with E-state index in [4.69, 9.17) is 0 Å². The highest BCUT2D eigenvalue weighted by Crippen LogP contribution is 2.07. The SMILES string of the molecule is O=C(N[C@@H](Cc1cccc(F)c1)C(=O)O)c1cccnc1. The molecule has 0 aliphatic carbocycles. The third kappa shape index (κ3) is 4.10. The van der Waals surface area contributed by atoms with Gasteiger partial charge in [0, 0.05) is 18.8 Å². The molecule has 108 valence electrons. The summed E-state index contributed by atoms with van der Waals surface area (Å²) in [5, 5.41) is 11.6. The molecule has 6 heteroatoms. The van der Waals surface area contributed by atoms with Crippen LogP contribution in [0.4, 0.5) is 4.39 Å². The molecule has 1 atom stereocenters. The number of halogens is 1. The third-order valence-electron chi connectivity index (χ3n) is 2.86. The van der Waals surface area contributed by atoms with Crippen molar-refractivity contribution in [3.05, 3.63) is 65.7 Å². The quantitative estimate of drug-likeness (QED) is 0.876. The molecular weight excluding hydrogens is 275 g/mol. The molecule has 0 unspecified atom stereocenters. The second-order valence-electron chi connectivity index (χ2n) is 4.44. The van der Waals surface area contributed by atoms with Gasteiger partial charge in [-0.2, -0.15) is 0 Å². The van der Waals surface area contributed by atoms with E-state index in [2.05, 4.69) is 10.3 Å². The van der Waals surface area contributed by atoms with Crippen molar-refractivity contribution in [1.82, 2.24) is 10.3 Å². The van der Waals surface area contributed by atoms with Crippen LogP contribution < -0.4 is 5.32 Å². The van der Waals surface area contributed by atoms with Crippen molar-refractivity contribution in [3.63, 3.8) is 0 Å². The molecule has 2 aromatic rings. The zero-order valence-electron chi connectivity index (χ0n) is 11.0. The minimum Gasteiger partial charge on any atom is -0.480 e. The maximum atomic E-state index is 13.1. The predicted octanol–water partition coefficient (Wildman–Crippen LogP) is 1.65. The fraction of sp³-hybridized carbons (Fsp3) is 0.133. The van der Waals surface area contributed by atoms with E-state index < -0.39 is 23.7 Å². The highest BCUT2D eigenvalue weighted by Gasteiger charge is 2.21. The first-order chi connectivity index (χ1) is 10.1. The van der Waals surface area contributed by atoms with E-state index in [1.54, 1.807) is 12.1 Å². The van der Waals surface area contributed by atoms with Crippen molar-refractivity contribution in [3.8, 4) is 0 Å². The van der Waals surface area contributed by atoms with E-state index >= 15 is 0 Å². The normalized spacial score (nSPS) is 11.7. The summed E-state index contributed by atoms with van der Waals surface area (Å²) in [5.74, 6) is -2.17. The smallest absolute Gasteiger partial charge is 0.326 e. The maximum Gasteiger partial charge on any atom is 0.326 e. The third-order valence-corrected chi connectivity index (χ3v) is 2.86. The van der Waals surface area contributed by atoms with Gasteiger partial charge in [-0.05, 0) is 29.8 Å². The Morgan fingerprint density at radius 2 is 2.10 bits per heavy atom. The number of amides is 1. The molecule has 2 N–H and O–H groups in total. The van der Waals surface area contributed by atoms with E-state index in [-0.39, 0.29) is 12.0 Å². The molecule has 1 amide bonds. The summed E-state index contributed by atoms with van der Waals surface area (Å²) in [6, 6.07) is 7.58. The van der Waals surface area contributed by atoms with Crippen LogP contribution in [0.5, 0.6) is 0 Å². The van der Waals surface area contributed by atoms with Gasteiger partial charge in [0.05, 0.1) is 5.56 Å². The van der Waals surface area contributed by atoms with Crippen molar-refractivity contribution in [2.75, 3.05) is 0 Å². The Bertz CT molecular complexity index is 646. The number of carbonyl (C=O) groups excluding carboxylic acids is 1. The Labute approximate surface area is 120 Å². The highest BCUT2D eigenvalue weighted by molar-refractivity contribution is 5.96. The topological polar surface area (TPSA) is 79.3 Å². The second kappa shape index (κ2) is 6.60. The Morgan fingerprint density at radius 3 is 2.71 bits per heavy atom. The first-order valence-corrected chi connectivity index (χ1v) is 6.24. The molecule has 21 heavy (non-hydrogen) atoms. The minimum atomic E-state index is -1.18. The Kier molecular flexibility index (Phi) is 4.61. The van der Waals surface area contributed by atoms with Crippen LogP contribution in [0.15, 0.2) is 48.8 Å². The number of carboxylic acids is 1. The highest BCUT2D eigenvalue weighted by atomic mass is 19.1. The van der Waals surface area contributed by atoms with Crippen molar-refractivity contribution in [2.24, 2.45) is 0 Å². The minimum absolute atomic E-state index is 0.000897. The lowest BCUT2D eigenvalue weighted by molar-refractivity contribution is -0.139. The number of carboxylic acid groups (broad SMARTS) is 1. The van der Waals surface area contributed by atoms with E-state index in [9.17, 15) is 19.1 Å². The maximum absolute atomic E-state index is 13.1. The van der Waals surface area contributed by atoms with Gasteiger partial charge in [0.15, 0.2) is 0 Å². The molecule has 1 heterocycles. The first-order valence-electron chi connectivity index (χ1n) is 6.24. The standard InChI is InChI=1S/C15H13FN2O3/c16-12-5-1-3-10(7-12)8-13(15(20)21)18-14(19)11-4-2-6-17-9-11/h1-7,9,13H,8H2,(H,18,19)(H,20,21)/t13-/m0/s1. The number of aromatic nitrogens is 1. The van der Waals surface area contributed by atoms with Crippen LogP contribution >= 0.6 is 0 Å². The van der Waals surface area contributed by atoms with Crippen LogP contribution in [-0.2, 0) is 11.2 Å². The van der Waals surface area contributed by atoms with E-state index in [1.807, 2.05) is 0 Å². The lowest BCUT2D eigenvalue weighted by atomic mass is 10.1. The van der Waals surface area contributed by atoms with Crippen molar-refractivity contribution in [2.45, 2.75) is 12.5 Å². The molecule has 0 fully saturated rings. The van der Waals surface area contributed by atoms with Crippen LogP contribution in [0, 0.1) is 5.82 Å². The summed E-state index contributed by atoms with van der Waals surface area (Å²) >= 11 is 0. The molecule has 0 saturated carbocycles. The lowest BCUT2D eigenvalue weighted by Crippen LogP contribution is -2.42. The molecule has 0 radical (unpaired) electrons. The second-order valence-corrected chi connectivity index (χ2v) is 4.44. The molecule has 1 aromatic heterocycles. The summed E-state index contributed by atoms with van der Waals surface area (Å²) in [6.07, 6.45) is 2.85. The summed E-state index contributed by atoms with van der Waals surface area (Å²) in [4.78, 5) is 27.0. The Morgan fingerprint density at radius 1 is 1.29 bits per heavy atom. The largest absolute Gasteiger partial charge is 0.480 e. The molecule has 0 saturated heterocycles. The van der Waals surface area contributed by atoms with Crippen LogP contribution in [0.3, 0.4) is 0 Å². The molecule has 1 aromatic carbocycles. The average molecular weight is 288 g/mol. The van der Waals surface area contributed by atoms with Gasteiger partial charge in [-0.25, -0.2) is 9.18 Å². The van der Waals surface area contributed by atoms with Crippen molar-refractivity contribution >= 4 is 11.9 Å². The molecule has 5 nitrogen and oxygen atoms in total. The van der Waals surface area contributed by atoms with Gasteiger partial charge in [-0.1, -0.05) is 12.1 Å². The molecule has 0 spiro atoms. The van der Waals surface area contributed by atoms with Crippen LogP contribution in [0.2, 0.25) is 0 Å². The fourth-order valence-corrected chi connectivity index (χ4v) is 1.84. The number of hydrogen-bond acceptors (Lipinski definition) is 3. The Hall–Kier alpha value is -2.76. The van der Waals surface area contributed by atoms with Gasteiger partial charge in [0.2, 0.25) is 0 Å². The van der Waals surface area contributed by atoms with E-state index in [0.717, 1.165) is 0 Å². The van der Waals surface area contributed by atoms with Gasteiger partial charge < -0.3 is 10.4 Å².